The van der Waals surface area contributed by atoms with Crippen molar-refractivity contribution in [2.45, 2.75) is 63.8 Å². The van der Waals surface area contributed by atoms with Crippen molar-refractivity contribution in [1.29, 1.82) is 0 Å². The highest BCUT2D eigenvalue weighted by Gasteiger charge is 2.32. The van der Waals surface area contributed by atoms with Crippen molar-refractivity contribution in [3.63, 3.8) is 0 Å². The summed E-state index contributed by atoms with van der Waals surface area (Å²) in [6.45, 7) is 1.43. The molecule has 0 radical (unpaired) electrons. The van der Waals surface area contributed by atoms with E-state index in [9.17, 15) is 4.79 Å². The van der Waals surface area contributed by atoms with Crippen molar-refractivity contribution in [2.75, 3.05) is 13.1 Å². The van der Waals surface area contributed by atoms with Crippen molar-refractivity contribution in [3.05, 3.63) is 0 Å². The minimum atomic E-state index is 0.00150. The van der Waals surface area contributed by atoms with Gasteiger partial charge in [-0.25, -0.2) is 4.79 Å². The van der Waals surface area contributed by atoms with Gasteiger partial charge in [0, 0.05) is 18.0 Å². The third-order valence-electron chi connectivity index (χ3n) is 4.66. The zero-order valence-electron chi connectivity index (χ0n) is 11.3. The smallest absolute Gasteiger partial charge is 0.315 e. The molecule has 2 fully saturated rings. The summed E-state index contributed by atoms with van der Waals surface area (Å²) in [4.78, 5) is 11.9. The number of carbonyl (C=O) groups is 1. The van der Waals surface area contributed by atoms with Crippen molar-refractivity contribution in [2.24, 2.45) is 11.1 Å². The van der Waals surface area contributed by atoms with Crippen LogP contribution in [0.15, 0.2) is 0 Å². The van der Waals surface area contributed by atoms with Crippen molar-refractivity contribution < 1.29 is 4.79 Å². The lowest BCUT2D eigenvalue weighted by atomic mass is 9.86. The average Bonchev–Trinajstić information content (AvgIpc) is 2.87. The first-order valence-corrected chi connectivity index (χ1v) is 7.49. The largest absolute Gasteiger partial charge is 0.338 e. The summed E-state index contributed by atoms with van der Waals surface area (Å²) in [5.74, 6) is 0. The van der Waals surface area contributed by atoms with Gasteiger partial charge < -0.3 is 16.4 Å². The number of nitrogens with two attached hydrogens (primary N) is 1. The highest BCUT2D eigenvalue weighted by Crippen LogP contribution is 2.36. The van der Waals surface area contributed by atoms with E-state index in [-0.39, 0.29) is 11.4 Å². The molecule has 2 amide bonds. The molecule has 0 aromatic rings. The lowest BCUT2D eigenvalue weighted by Crippen LogP contribution is -2.47. The Morgan fingerprint density at radius 2 is 1.78 bits per heavy atom. The second kappa shape index (κ2) is 6.41. The average molecular weight is 253 g/mol. The summed E-state index contributed by atoms with van der Waals surface area (Å²) < 4.78 is 0. The molecule has 0 aliphatic heterocycles. The molecular formula is C14H27N3O. The van der Waals surface area contributed by atoms with Gasteiger partial charge in [0.15, 0.2) is 0 Å². The van der Waals surface area contributed by atoms with Gasteiger partial charge in [-0.2, -0.15) is 0 Å². The van der Waals surface area contributed by atoms with Crippen LogP contribution in [0.4, 0.5) is 4.79 Å². The van der Waals surface area contributed by atoms with Crippen LogP contribution >= 0.6 is 0 Å². The number of amides is 2. The topological polar surface area (TPSA) is 67.1 Å². The first kappa shape index (κ1) is 13.7. The van der Waals surface area contributed by atoms with E-state index < -0.39 is 0 Å². The van der Waals surface area contributed by atoms with Crippen molar-refractivity contribution in [3.8, 4) is 0 Å². The molecule has 0 saturated heterocycles. The van der Waals surface area contributed by atoms with Crippen LogP contribution in [0.3, 0.4) is 0 Å². The van der Waals surface area contributed by atoms with Crippen LogP contribution < -0.4 is 16.4 Å². The van der Waals surface area contributed by atoms with Gasteiger partial charge in [0.25, 0.3) is 0 Å². The standard InChI is InChI=1S/C14H27N3O/c15-10-14(8-4-5-9-14)11-16-13(18)17-12-6-2-1-3-7-12/h12H,1-11,15H2,(H2,16,17,18). The van der Waals surface area contributed by atoms with Crippen LogP contribution in [-0.4, -0.2) is 25.2 Å². The Kier molecular flexibility index (Phi) is 4.87. The van der Waals surface area contributed by atoms with Gasteiger partial charge in [-0.1, -0.05) is 32.1 Å². The first-order valence-electron chi connectivity index (χ1n) is 7.49. The molecule has 18 heavy (non-hydrogen) atoms. The lowest BCUT2D eigenvalue weighted by Gasteiger charge is -2.28. The predicted octanol–water partition coefficient (Wildman–Crippen LogP) is 2.14. The number of rotatable bonds is 4. The molecule has 4 heteroatoms. The van der Waals surface area contributed by atoms with E-state index in [0.717, 1.165) is 32.2 Å². The maximum absolute atomic E-state index is 11.9. The lowest BCUT2D eigenvalue weighted by molar-refractivity contribution is 0.221. The van der Waals surface area contributed by atoms with Gasteiger partial charge in [0.05, 0.1) is 0 Å². The summed E-state index contributed by atoms with van der Waals surface area (Å²) in [6.07, 6.45) is 10.9. The summed E-state index contributed by atoms with van der Waals surface area (Å²) >= 11 is 0. The van der Waals surface area contributed by atoms with E-state index in [1.807, 2.05) is 0 Å². The van der Waals surface area contributed by atoms with Gasteiger partial charge in [0.2, 0.25) is 0 Å². The summed E-state index contributed by atoms with van der Waals surface area (Å²) in [5.41, 5.74) is 6.04. The fourth-order valence-electron chi connectivity index (χ4n) is 3.33. The molecule has 0 heterocycles. The minimum absolute atomic E-state index is 0.00150. The van der Waals surface area contributed by atoms with Crippen LogP contribution in [-0.2, 0) is 0 Å². The van der Waals surface area contributed by atoms with Crippen LogP contribution in [0.1, 0.15) is 57.8 Å². The molecule has 0 spiro atoms. The van der Waals surface area contributed by atoms with E-state index in [1.54, 1.807) is 0 Å². The Balaban J connectivity index is 1.70. The van der Waals surface area contributed by atoms with E-state index in [1.165, 1.54) is 32.1 Å². The third-order valence-corrected chi connectivity index (χ3v) is 4.66. The molecule has 0 aromatic carbocycles. The van der Waals surface area contributed by atoms with E-state index >= 15 is 0 Å². The summed E-state index contributed by atoms with van der Waals surface area (Å²) in [7, 11) is 0. The fourth-order valence-corrected chi connectivity index (χ4v) is 3.33. The SMILES string of the molecule is NCC1(CNC(=O)NC2CCCCC2)CCCC1. The molecule has 0 atom stereocenters. The third kappa shape index (κ3) is 3.61. The molecule has 104 valence electrons. The van der Waals surface area contributed by atoms with Gasteiger partial charge in [0.1, 0.15) is 0 Å². The van der Waals surface area contributed by atoms with Crippen LogP contribution in [0.25, 0.3) is 0 Å². The van der Waals surface area contributed by atoms with Gasteiger partial charge in [-0.3, -0.25) is 0 Å². The summed E-state index contributed by atoms with van der Waals surface area (Å²) in [6, 6.07) is 0.387. The number of hydrogen-bond donors (Lipinski definition) is 3. The molecule has 0 unspecified atom stereocenters. The molecule has 2 aliphatic carbocycles. The minimum Gasteiger partial charge on any atom is -0.338 e. The van der Waals surface area contributed by atoms with Gasteiger partial charge in [-0.15, -0.1) is 0 Å². The number of carbonyl (C=O) groups excluding carboxylic acids is 1. The molecule has 0 bridgehead atoms. The molecule has 0 aromatic heterocycles. The monoisotopic (exact) mass is 253 g/mol. The van der Waals surface area contributed by atoms with E-state index in [2.05, 4.69) is 10.6 Å². The highest BCUT2D eigenvalue weighted by molar-refractivity contribution is 5.74. The Bertz CT molecular complexity index is 268. The quantitative estimate of drug-likeness (QED) is 0.718. The maximum atomic E-state index is 11.9. The Hall–Kier alpha value is -0.770. The number of urea groups is 1. The first-order chi connectivity index (χ1) is 8.74. The zero-order valence-corrected chi connectivity index (χ0v) is 11.3. The van der Waals surface area contributed by atoms with Gasteiger partial charge in [-0.05, 0) is 32.2 Å². The van der Waals surface area contributed by atoms with Crippen LogP contribution in [0.5, 0.6) is 0 Å². The molecule has 2 rings (SSSR count). The molecule has 4 N–H and O–H groups in total. The van der Waals surface area contributed by atoms with Crippen molar-refractivity contribution >= 4 is 6.03 Å². The predicted molar refractivity (Wildman–Crippen MR) is 73.4 cm³/mol. The molecular weight excluding hydrogens is 226 g/mol. The van der Waals surface area contributed by atoms with Crippen LogP contribution in [0, 0.1) is 5.41 Å². The van der Waals surface area contributed by atoms with E-state index in [0.29, 0.717) is 12.6 Å². The Labute approximate surface area is 110 Å². The van der Waals surface area contributed by atoms with Crippen molar-refractivity contribution in [1.82, 2.24) is 10.6 Å². The van der Waals surface area contributed by atoms with Gasteiger partial charge >= 0.3 is 6.03 Å². The number of hydrogen-bond acceptors (Lipinski definition) is 2. The highest BCUT2D eigenvalue weighted by atomic mass is 16.2. The second-order valence-corrected chi connectivity index (χ2v) is 6.07. The number of nitrogens with one attached hydrogen (secondary N) is 2. The molecule has 4 nitrogen and oxygen atoms in total. The molecule has 2 aliphatic rings. The fraction of sp³-hybridized carbons (Fsp3) is 0.929. The maximum Gasteiger partial charge on any atom is 0.315 e. The Morgan fingerprint density at radius 3 is 2.39 bits per heavy atom. The Morgan fingerprint density at radius 1 is 1.11 bits per heavy atom. The zero-order chi connectivity index (χ0) is 12.8. The molecule has 2 saturated carbocycles. The second-order valence-electron chi connectivity index (χ2n) is 6.07. The van der Waals surface area contributed by atoms with E-state index in [4.69, 9.17) is 5.73 Å². The summed E-state index contributed by atoms with van der Waals surface area (Å²) in [5, 5.41) is 6.13. The van der Waals surface area contributed by atoms with Crippen LogP contribution in [0.2, 0.25) is 0 Å². The normalized spacial score (nSPS) is 23.8.